The van der Waals surface area contributed by atoms with E-state index in [0.29, 0.717) is 12.1 Å². The van der Waals surface area contributed by atoms with Crippen molar-refractivity contribution in [3.05, 3.63) is 35.7 Å². The first-order valence-corrected chi connectivity index (χ1v) is 5.64. The fourth-order valence-electron chi connectivity index (χ4n) is 2.05. The lowest BCUT2D eigenvalue weighted by atomic mass is 9.88. The van der Waals surface area contributed by atoms with Crippen LogP contribution in [-0.4, -0.2) is 6.17 Å². The molecule has 0 aromatic rings. The average molecular weight is 204 g/mol. The Balaban J connectivity index is 2.41. The molecule has 0 aromatic carbocycles. The zero-order valence-corrected chi connectivity index (χ0v) is 9.96. The van der Waals surface area contributed by atoms with Crippen LogP contribution in [0.15, 0.2) is 35.7 Å². The zero-order valence-electron chi connectivity index (χ0n) is 9.96. The highest BCUT2D eigenvalue weighted by atomic mass is 15.2. The molecule has 2 unspecified atom stereocenters. The lowest BCUT2D eigenvalue weighted by Gasteiger charge is -2.19. The maximum atomic E-state index is 3.45. The van der Waals surface area contributed by atoms with Crippen molar-refractivity contribution >= 4 is 0 Å². The van der Waals surface area contributed by atoms with Gasteiger partial charge in [0.15, 0.2) is 0 Å². The normalized spacial score (nSPS) is 41.9. The van der Waals surface area contributed by atoms with E-state index in [1.54, 1.807) is 0 Å². The quantitative estimate of drug-likeness (QED) is 0.592. The molecule has 1 heterocycles. The molecule has 2 aliphatic rings. The minimum absolute atomic E-state index is 0.127. The molecule has 1 aliphatic heterocycles. The van der Waals surface area contributed by atoms with Crippen molar-refractivity contribution in [1.82, 2.24) is 10.6 Å². The van der Waals surface area contributed by atoms with Gasteiger partial charge in [-0.2, -0.15) is 0 Å². The summed E-state index contributed by atoms with van der Waals surface area (Å²) in [5.41, 5.74) is 2.61. The average Bonchev–Trinajstić information content (AvgIpc) is 2.41. The van der Waals surface area contributed by atoms with E-state index in [-0.39, 0.29) is 5.41 Å². The van der Waals surface area contributed by atoms with E-state index >= 15 is 0 Å². The first-order valence-electron chi connectivity index (χ1n) is 5.64. The molecule has 15 heavy (non-hydrogen) atoms. The summed E-state index contributed by atoms with van der Waals surface area (Å²) in [6.07, 6.45) is 9.45. The van der Waals surface area contributed by atoms with Crippen molar-refractivity contribution in [2.75, 3.05) is 0 Å². The third-order valence-electron chi connectivity index (χ3n) is 2.81. The van der Waals surface area contributed by atoms with Gasteiger partial charge in [0.2, 0.25) is 0 Å². The van der Waals surface area contributed by atoms with Gasteiger partial charge in [-0.25, -0.2) is 0 Å². The van der Waals surface area contributed by atoms with E-state index in [2.05, 4.69) is 62.6 Å². The zero-order chi connectivity index (χ0) is 11.1. The van der Waals surface area contributed by atoms with Crippen LogP contribution in [0.4, 0.5) is 0 Å². The van der Waals surface area contributed by atoms with Crippen molar-refractivity contribution < 1.29 is 0 Å². The number of nitrogens with one attached hydrogen (secondary N) is 2. The number of rotatable bonds is 0. The van der Waals surface area contributed by atoms with E-state index in [0.717, 1.165) is 0 Å². The Labute approximate surface area is 92.1 Å². The molecular weight excluding hydrogens is 184 g/mol. The summed E-state index contributed by atoms with van der Waals surface area (Å²) < 4.78 is 0. The van der Waals surface area contributed by atoms with Gasteiger partial charge in [0.25, 0.3) is 0 Å². The van der Waals surface area contributed by atoms with Gasteiger partial charge in [-0.05, 0) is 18.9 Å². The van der Waals surface area contributed by atoms with Crippen LogP contribution in [0.2, 0.25) is 0 Å². The predicted octanol–water partition coefficient (Wildman–Crippen LogP) is 2.53. The smallest absolute Gasteiger partial charge is 0.0935 e. The highest BCUT2D eigenvalue weighted by molar-refractivity contribution is 5.37. The maximum Gasteiger partial charge on any atom is 0.0935 e. The summed E-state index contributed by atoms with van der Waals surface area (Å²) in [6, 6.07) is 0. The largest absolute Gasteiger partial charge is 0.364 e. The van der Waals surface area contributed by atoms with Crippen molar-refractivity contribution in [2.24, 2.45) is 11.3 Å². The number of hydrogen-bond donors (Lipinski definition) is 2. The summed E-state index contributed by atoms with van der Waals surface area (Å²) in [6.45, 7) is 8.82. The van der Waals surface area contributed by atoms with E-state index in [1.807, 2.05) is 0 Å². The minimum atomic E-state index is 0.127. The molecule has 1 fully saturated rings. The highest BCUT2D eigenvalue weighted by Gasteiger charge is 2.23. The molecule has 0 spiro atoms. The summed E-state index contributed by atoms with van der Waals surface area (Å²) in [7, 11) is 0. The van der Waals surface area contributed by atoms with Gasteiger partial charge in [-0.1, -0.05) is 39.0 Å². The van der Waals surface area contributed by atoms with Crippen LogP contribution in [-0.2, 0) is 0 Å². The van der Waals surface area contributed by atoms with E-state index in [4.69, 9.17) is 0 Å². The Morgan fingerprint density at radius 3 is 2.53 bits per heavy atom. The van der Waals surface area contributed by atoms with Gasteiger partial charge in [0, 0.05) is 5.41 Å². The number of fused-ring (bicyclic) bond motifs is 1. The molecule has 0 radical (unpaired) electrons. The SMILES string of the molecule is CC1/C=C\C(C)(C)/C=C2/NC(C)N/C2=C/1. The highest BCUT2D eigenvalue weighted by Crippen LogP contribution is 2.28. The summed E-state index contributed by atoms with van der Waals surface area (Å²) in [4.78, 5) is 0. The van der Waals surface area contributed by atoms with Crippen LogP contribution in [0.5, 0.6) is 0 Å². The van der Waals surface area contributed by atoms with Gasteiger partial charge >= 0.3 is 0 Å². The van der Waals surface area contributed by atoms with Gasteiger partial charge in [-0.3, -0.25) is 0 Å². The molecule has 2 rings (SSSR count). The third kappa shape index (κ3) is 2.25. The van der Waals surface area contributed by atoms with Crippen LogP contribution in [0.25, 0.3) is 0 Å². The molecule has 0 aromatic heterocycles. The van der Waals surface area contributed by atoms with Gasteiger partial charge in [0.1, 0.15) is 0 Å². The summed E-state index contributed by atoms with van der Waals surface area (Å²) >= 11 is 0. The molecule has 0 saturated carbocycles. The summed E-state index contributed by atoms with van der Waals surface area (Å²) in [5.74, 6) is 0.488. The van der Waals surface area contributed by atoms with E-state index < -0.39 is 0 Å². The van der Waals surface area contributed by atoms with Crippen molar-refractivity contribution in [3.8, 4) is 0 Å². The number of allylic oxidation sites excluding steroid dienone is 4. The van der Waals surface area contributed by atoms with E-state index in [9.17, 15) is 0 Å². The fraction of sp³-hybridized carbons (Fsp3) is 0.538. The molecule has 2 nitrogen and oxygen atoms in total. The molecule has 2 atom stereocenters. The molecule has 1 aliphatic carbocycles. The standard InChI is InChI=1S/C13H20N2/c1-9-5-6-13(3,4)8-12-11(7-9)14-10(2)15-12/h5-10,14-15H,1-4H3/b6-5-,11-7+,12-8+. The second kappa shape index (κ2) is 3.44. The second-order valence-corrected chi connectivity index (χ2v) is 5.19. The lowest BCUT2D eigenvalue weighted by Crippen LogP contribution is -2.26. The third-order valence-corrected chi connectivity index (χ3v) is 2.81. The first kappa shape index (κ1) is 10.3. The second-order valence-electron chi connectivity index (χ2n) is 5.19. The topological polar surface area (TPSA) is 24.1 Å². The molecular formula is C13H20N2. The van der Waals surface area contributed by atoms with E-state index in [1.165, 1.54) is 11.4 Å². The minimum Gasteiger partial charge on any atom is -0.364 e. The van der Waals surface area contributed by atoms with Crippen LogP contribution in [0, 0.1) is 11.3 Å². The van der Waals surface area contributed by atoms with Gasteiger partial charge in [0.05, 0.1) is 17.6 Å². The maximum absolute atomic E-state index is 3.45. The molecule has 2 heteroatoms. The Hall–Kier alpha value is -1.18. The molecule has 1 saturated heterocycles. The number of hydrogen-bond acceptors (Lipinski definition) is 2. The Bertz CT molecular complexity index is 348. The predicted molar refractivity (Wildman–Crippen MR) is 64.0 cm³/mol. The van der Waals surface area contributed by atoms with Crippen LogP contribution < -0.4 is 10.6 Å². The van der Waals surface area contributed by atoms with Crippen molar-refractivity contribution in [2.45, 2.75) is 33.9 Å². The Morgan fingerprint density at radius 1 is 1.13 bits per heavy atom. The molecule has 0 bridgehead atoms. The van der Waals surface area contributed by atoms with Gasteiger partial charge in [-0.15, -0.1) is 0 Å². The molecule has 82 valence electrons. The van der Waals surface area contributed by atoms with Crippen LogP contribution in [0.3, 0.4) is 0 Å². The molecule has 2 N–H and O–H groups in total. The Morgan fingerprint density at radius 2 is 1.80 bits per heavy atom. The lowest BCUT2D eigenvalue weighted by molar-refractivity contribution is 0.599. The van der Waals surface area contributed by atoms with Crippen molar-refractivity contribution in [1.29, 1.82) is 0 Å². The van der Waals surface area contributed by atoms with Gasteiger partial charge < -0.3 is 10.6 Å². The van der Waals surface area contributed by atoms with Crippen molar-refractivity contribution in [3.63, 3.8) is 0 Å². The Kier molecular flexibility index (Phi) is 2.37. The van der Waals surface area contributed by atoms with Crippen LogP contribution in [0.1, 0.15) is 27.7 Å². The summed E-state index contributed by atoms with van der Waals surface area (Å²) in [5, 5.41) is 6.89. The molecule has 0 amide bonds. The first-order chi connectivity index (χ1) is 6.96. The van der Waals surface area contributed by atoms with Crippen LogP contribution >= 0.6 is 0 Å². The monoisotopic (exact) mass is 204 g/mol. The fourth-order valence-corrected chi connectivity index (χ4v) is 2.05.